The molecule has 7 heteroatoms. The van der Waals surface area contributed by atoms with Gasteiger partial charge >= 0.3 is 0 Å². The molecule has 35 heavy (non-hydrogen) atoms. The number of nitrogens with one attached hydrogen (secondary N) is 1. The van der Waals surface area contributed by atoms with Crippen molar-refractivity contribution >= 4 is 45.8 Å². The van der Waals surface area contributed by atoms with E-state index in [0.717, 1.165) is 22.0 Å². The van der Waals surface area contributed by atoms with Crippen LogP contribution in [0.5, 0.6) is 0 Å². The van der Waals surface area contributed by atoms with E-state index >= 15 is 0 Å². The van der Waals surface area contributed by atoms with Gasteiger partial charge in [-0.15, -0.1) is 0 Å². The lowest BCUT2D eigenvalue weighted by Gasteiger charge is -2.34. The smallest absolute Gasteiger partial charge is 0.259 e. The Balaban J connectivity index is 1.66. The highest BCUT2D eigenvalue weighted by molar-refractivity contribution is 6.30. The number of carbonyl (C=O) groups excluding carboxylic acids is 3. The number of carbonyl (C=O) groups is 3. The van der Waals surface area contributed by atoms with Gasteiger partial charge in [-0.05, 0) is 62.4 Å². The van der Waals surface area contributed by atoms with Crippen molar-refractivity contribution < 1.29 is 14.4 Å². The lowest BCUT2D eigenvalue weighted by atomic mass is 10.1. The molecule has 0 unspecified atom stereocenters. The van der Waals surface area contributed by atoms with Crippen molar-refractivity contribution in [1.82, 2.24) is 10.2 Å². The summed E-state index contributed by atoms with van der Waals surface area (Å²) in [6, 6.07) is 17.8. The molecule has 0 fully saturated rings. The molecular formula is C28H30ClN3O3. The van der Waals surface area contributed by atoms with Crippen LogP contribution in [-0.4, -0.2) is 40.7 Å². The minimum absolute atomic E-state index is 0.153. The van der Waals surface area contributed by atoms with Crippen molar-refractivity contribution in [3.05, 3.63) is 76.8 Å². The normalized spacial score (nSPS) is 13.7. The predicted molar refractivity (Wildman–Crippen MR) is 140 cm³/mol. The predicted octanol–water partition coefficient (Wildman–Crippen LogP) is 5.18. The zero-order valence-electron chi connectivity index (χ0n) is 20.5. The third kappa shape index (κ3) is 5.17. The summed E-state index contributed by atoms with van der Waals surface area (Å²) in [7, 11) is 0. The standard InChI is InChI=1S/C28H30ClN3O3/c1-5-22(26(34)30-28(2,3)4)31(16-18-12-14-20(29)15-13-18)24(33)17-32-23-11-7-9-19-8-6-10-21(25(19)23)27(32)35/h6-15,22H,5,16-17H2,1-4H3,(H,30,34)/t22-/m0/s1. The van der Waals surface area contributed by atoms with Crippen molar-refractivity contribution in [2.45, 2.75) is 52.2 Å². The van der Waals surface area contributed by atoms with Crippen LogP contribution in [0.4, 0.5) is 5.69 Å². The number of benzene rings is 3. The molecule has 3 aromatic carbocycles. The molecular weight excluding hydrogens is 462 g/mol. The van der Waals surface area contributed by atoms with E-state index in [1.165, 1.54) is 4.90 Å². The Morgan fingerprint density at radius 1 is 1.03 bits per heavy atom. The molecule has 3 aromatic rings. The summed E-state index contributed by atoms with van der Waals surface area (Å²) in [5.41, 5.74) is 1.72. The zero-order valence-corrected chi connectivity index (χ0v) is 21.2. The van der Waals surface area contributed by atoms with Crippen molar-refractivity contribution in [3.8, 4) is 0 Å². The van der Waals surface area contributed by atoms with E-state index in [0.29, 0.717) is 17.0 Å². The average Bonchev–Trinajstić information content (AvgIpc) is 3.07. The van der Waals surface area contributed by atoms with Crippen LogP contribution in [0.15, 0.2) is 60.7 Å². The minimum atomic E-state index is -0.687. The first-order valence-corrected chi connectivity index (χ1v) is 12.2. The third-order valence-corrected chi connectivity index (χ3v) is 6.34. The maximum absolute atomic E-state index is 13.8. The number of halogens is 1. The van der Waals surface area contributed by atoms with E-state index in [1.54, 1.807) is 23.1 Å². The molecule has 182 valence electrons. The van der Waals surface area contributed by atoms with E-state index in [4.69, 9.17) is 11.6 Å². The molecule has 4 rings (SSSR count). The molecule has 0 radical (unpaired) electrons. The number of amides is 3. The number of hydrogen-bond donors (Lipinski definition) is 1. The quantitative estimate of drug-likeness (QED) is 0.495. The summed E-state index contributed by atoms with van der Waals surface area (Å²) < 4.78 is 0. The van der Waals surface area contributed by atoms with Gasteiger partial charge < -0.3 is 10.2 Å². The fourth-order valence-electron chi connectivity index (χ4n) is 4.52. The van der Waals surface area contributed by atoms with Gasteiger partial charge in [0.1, 0.15) is 12.6 Å². The van der Waals surface area contributed by atoms with Crippen molar-refractivity contribution in [2.75, 3.05) is 11.4 Å². The van der Waals surface area contributed by atoms with Gasteiger partial charge in [0.25, 0.3) is 5.91 Å². The molecule has 0 aliphatic carbocycles. The Kier molecular flexibility index (Phi) is 6.86. The number of rotatable bonds is 7. The van der Waals surface area contributed by atoms with Crippen molar-refractivity contribution in [1.29, 1.82) is 0 Å². The summed E-state index contributed by atoms with van der Waals surface area (Å²) in [4.78, 5) is 43.3. The summed E-state index contributed by atoms with van der Waals surface area (Å²) >= 11 is 6.05. The minimum Gasteiger partial charge on any atom is -0.350 e. The summed E-state index contributed by atoms with van der Waals surface area (Å²) in [5, 5.41) is 5.41. The largest absolute Gasteiger partial charge is 0.350 e. The van der Waals surface area contributed by atoms with Crippen LogP contribution in [0.2, 0.25) is 5.02 Å². The lowest BCUT2D eigenvalue weighted by molar-refractivity contribution is -0.141. The average molecular weight is 492 g/mol. The van der Waals surface area contributed by atoms with Crippen molar-refractivity contribution in [3.63, 3.8) is 0 Å². The van der Waals surface area contributed by atoms with Gasteiger partial charge in [0.2, 0.25) is 11.8 Å². The van der Waals surface area contributed by atoms with Gasteiger partial charge in [0.15, 0.2) is 0 Å². The molecule has 1 aliphatic heterocycles. The van der Waals surface area contributed by atoms with Crippen molar-refractivity contribution in [2.24, 2.45) is 0 Å². The van der Waals surface area contributed by atoms with Crippen LogP contribution in [0.25, 0.3) is 10.8 Å². The molecule has 0 saturated heterocycles. The molecule has 6 nitrogen and oxygen atoms in total. The van der Waals surface area contributed by atoms with Gasteiger partial charge in [-0.25, -0.2) is 0 Å². The van der Waals surface area contributed by atoms with Crippen LogP contribution in [-0.2, 0) is 16.1 Å². The SMILES string of the molecule is CC[C@@H](C(=O)NC(C)(C)C)N(Cc1ccc(Cl)cc1)C(=O)CN1C(=O)c2cccc3cccc1c23. The van der Waals surface area contributed by atoms with Crippen LogP contribution < -0.4 is 10.2 Å². The monoisotopic (exact) mass is 491 g/mol. The molecule has 0 bridgehead atoms. The molecule has 0 spiro atoms. The molecule has 3 amide bonds. The second-order valence-electron chi connectivity index (χ2n) is 9.88. The Hall–Kier alpha value is -3.38. The van der Waals surface area contributed by atoms with Crippen LogP contribution in [0.1, 0.15) is 50.0 Å². The molecule has 1 heterocycles. The van der Waals surface area contributed by atoms with E-state index in [2.05, 4.69) is 5.32 Å². The number of hydrogen-bond acceptors (Lipinski definition) is 3. The van der Waals surface area contributed by atoms with Gasteiger partial charge in [-0.1, -0.05) is 54.9 Å². The molecule has 0 saturated carbocycles. The first-order chi connectivity index (χ1) is 16.6. The van der Waals surface area contributed by atoms with Crippen LogP contribution in [0.3, 0.4) is 0 Å². The summed E-state index contributed by atoms with van der Waals surface area (Å²) in [6.45, 7) is 7.68. The molecule has 0 aromatic heterocycles. The van der Waals surface area contributed by atoms with E-state index in [-0.39, 0.29) is 30.8 Å². The maximum Gasteiger partial charge on any atom is 0.259 e. The van der Waals surface area contributed by atoms with Gasteiger partial charge in [0.05, 0.1) is 5.69 Å². The second kappa shape index (κ2) is 9.70. The maximum atomic E-state index is 13.8. The topological polar surface area (TPSA) is 69.7 Å². The van der Waals surface area contributed by atoms with E-state index in [9.17, 15) is 14.4 Å². The van der Waals surface area contributed by atoms with Gasteiger partial charge in [0, 0.05) is 28.1 Å². The van der Waals surface area contributed by atoms with E-state index in [1.807, 2.05) is 70.2 Å². The van der Waals surface area contributed by atoms with Crippen LogP contribution in [0, 0.1) is 0 Å². The Bertz CT molecular complexity index is 1280. The zero-order chi connectivity index (χ0) is 25.3. The summed E-state index contributed by atoms with van der Waals surface area (Å²) in [5.74, 6) is -0.724. The molecule has 1 atom stereocenters. The Morgan fingerprint density at radius 2 is 1.69 bits per heavy atom. The second-order valence-corrected chi connectivity index (χ2v) is 10.3. The number of anilines is 1. The Morgan fingerprint density at radius 3 is 2.31 bits per heavy atom. The third-order valence-electron chi connectivity index (χ3n) is 6.09. The Labute approximate surface area is 210 Å². The van der Waals surface area contributed by atoms with Gasteiger partial charge in [-0.3, -0.25) is 19.3 Å². The summed E-state index contributed by atoms with van der Waals surface area (Å²) in [6.07, 6.45) is 0.436. The molecule has 1 N–H and O–H groups in total. The van der Waals surface area contributed by atoms with Gasteiger partial charge in [-0.2, -0.15) is 0 Å². The van der Waals surface area contributed by atoms with E-state index < -0.39 is 11.6 Å². The fraction of sp³-hybridized carbons (Fsp3) is 0.321. The highest BCUT2D eigenvalue weighted by Gasteiger charge is 2.35. The first kappa shape index (κ1) is 24.7. The lowest BCUT2D eigenvalue weighted by Crippen LogP contribution is -2.55. The highest BCUT2D eigenvalue weighted by Crippen LogP contribution is 2.37. The molecule has 1 aliphatic rings. The number of nitrogens with zero attached hydrogens (tertiary/aromatic N) is 2. The fourth-order valence-corrected chi connectivity index (χ4v) is 4.65. The highest BCUT2D eigenvalue weighted by atomic mass is 35.5. The first-order valence-electron chi connectivity index (χ1n) is 11.8. The van der Waals surface area contributed by atoms with Crippen LogP contribution >= 0.6 is 11.6 Å².